The summed E-state index contributed by atoms with van der Waals surface area (Å²) in [4.78, 5) is 37.7. The number of carbonyl (C=O) groups is 2. The van der Waals surface area contributed by atoms with E-state index in [0.29, 0.717) is 23.9 Å². The third-order valence-corrected chi connectivity index (χ3v) is 11.9. The first-order chi connectivity index (χ1) is 35.0. The lowest BCUT2D eigenvalue weighted by molar-refractivity contribution is -0.870. The molecule has 2 unspecified atom stereocenters. The van der Waals surface area contributed by atoms with Gasteiger partial charge >= 0.3 is 11.9 Å². The molecule has 0 aromatic rings. The first-order valence-corrected chi connectivity index (χ1v) is 29.0. The molecule has 0 rings (SSSR count). The fourth-order valence-electron chi connectivity index (χ4n) is 6.71. The second kappa shape index (κ2) is 51.8. The number of hydrogen-bond acceptors (Lipinski definition) is 8. The van der Waals surface area contributed by atoms with Crippen LogP contribution in [0.4, 0.5) is 0 Å². The number of esters is 2. The number of rotatable bonds is 48. The third-order valence-electron chi connectivity index (χ3n) is 10.9. The number of quaternary nitrogens is 1. The van der Waals surface area contributed by atoms with E-state index in [4.69, 9.17) is 18.5 Å². The van der Waals surface area contributed by atoms with Crippen LogP contribution in [0.2, 0.25) is 0 Å². The summed E-state index contributed by atoms with van der Waals surface area (Å²) in [6.07, 6.45) is 76.4. The highest BCUT2D eigenvalue weighted by Gasteiger charge is 2.21. The number of carbonyl (C=O) groups excluding carboxylic acids is 2. The van der Waals surface area contributed by atoms with E-state index in [1.165, 1.54) is 44.9 Å². The Labute approximate surface area is 440 Å². The molecule has 0 aromatic carbocycles. The molecule has 0 bridgehead atoms. The Kier molecular flexibility index (Phi) is 48.8. The van der Waals surface area contributed by atoms with Gasteiger partial charge in [-0.25, -0.2) is 0 Å². The van der Waals surface area contributed by atoms with E-state index in [-0.39, 0.29) is 26.1 Å². The van der Waals surface area contributed by atoms with Crippen molar-refractivity contribution < 1.29 is 42.1 Å². The smallest absolute Gasteiger partial charge is 0.309 e. The van der Waals surface area contributed by atoms with Crippen molar-refractivity contribution in [3.05, 3.63) is 146 Å². The van der Waals surface area contributed by atoms with E-state index in [0.717, 1.165) is 96.3 Å². The fraction of sp³-hybridized carbons (Fsp3) is 0.581. The summed E-state index contributed by atoms with van der Waals surface area (Å²) in [6, 6.07) is 0. The highest BCUT2D eigenvalue weighted by atomic mass is 31.2. The number of likely N-dealkylation sites (N-methyl/N-ethyl adjacent to an activating group) is 1. The van der Waals surface area contributed by atoms with Crippen molar-refractivity contribution in [2.45, 2.75) is 187 Å². The number of phosphoric ester groups is 1. The summed E-state index contributed by atoms with van der Waals surface area (Å²) in [6.45, 7) is 3.86. The Balaban J connectivity index is 4.23. The van der Waals surface area contributed by atoms with Gasteiger partial charge in [0.05, 0.1) is 34.2 Å². The van der Waals surface area contributed by atoms with Gasteiger partial charge in [0, 0.05) is 6.42 Å². The molecule has 0 aliphatic rings. The van der Waals surface area contributed by atoms with E-state index in [9.17, 15) is 19.0 Å². The standard InChI is InChI=1S/C62H100NO8P/c1-6-8-10-12-14-16-18-20-22-23-24-25-26-27-28-29-30-31-32-33-34-35-36-37-38-39-41-43-45-47-49-51-53-55-62(65)71-60(59-70-72(66,67)69-57-56-63(3,4)5)58-68-61(64)54-52-50-48-46-44-42-40-21-19-17-15-13-11-9-7-2/h8-11,14-17,20-22,24-25,27-28,30-31,33-34,40,44,46,50,52,60H,6-7,12-13,18-19,23,26,29,32,35-39,41-43,45,47-49,51,53-59H2,1-5H3/b10-8-,11-9-,16-14-,17-15-,22-20-,25-24-,28-27-,31-30-,34-33-,40-21-,46-44-,52-50-. The normalized spacial score (nSPS) is 14.5. The zero-order valence-electron chi connectivity index (χ0n) is 45.8. The number of hydrogen-bond donors (Lipinski definition) is 0. The SMILES string of the molecule is CC/C=C\C/C=C\C/C=C\C/C=C\C/C=C\C/C=C\C/C=C\CCCCCCCCCCCCCC(=O)OC(COC(=O)C/C=C\C/C=C\C/C=C\C/C=C\C/C=C\CC)COP(=O)([O-])OCC[N+](C)(C)C. The van der Waals surface area contributed by atoms with E-state index >= 15 is 0 Å². The lowest BCUT2D eigenvalue weighted by Gasteiger charge is -2.28. The zero-order valence-corrected chi connectivity index (χ0v) is 46.7. The van der Waals surface area contributed by atoms with Crippen molar-refractivity contribution in [1.29, 1.82) is 0 Å². The van der Waals surface area contributed by atoms with E-state index in [1.807, 2.05) is 33.3 Å². The summed E-state index contributed by atoms with van der Waals surface area (Å²) in [7, 11) is 1.10. The summed E-state index contributed by atoms with van der Waals surface area (Å²) >= 11 is 0. The van der Waals surface area contributed by atoms with Gasteiger partial charge in [-0.3, -0.25) is 14.2 Å². The molecular weight excluding hydrogens is 918 g/mol. The molecular formula is C62H100NO8P. The number of phosphoric acid groups is 1. The Hall–Kier alpha value is -4.11. The van der Waals surface area contributed by atoms with Crippen molar-refractivity contribution in [2.75, 3.05) is 47.5 Å². The van der Waals surface area contributed by atoms with Crippen LogP contribution in [-0.2, 0) is 32.7 Å². The summed E-state index contributed by atoms with van der Waals surface area (Å²) < 4.78 is 33.9. The van der Waals surface area contributed by atoms with Crippen LogP contribution >= 0.6 is 7.82 Å². The Morgan fingerprint density at radius 1 is 0.444 bits per heavy atom. The zero-order chi connectivity index (χ0) is 52.7. The minimum absolute atomic E-state index is 0.0361. The molecule has 0 N–H and O–H groups in total. The monoisotopic (exact) mass is 1020 g/mol. The van der Waals surface area contributed by atoms with Crippen LogP contribution < -0.4 is 4.89 Å². The molecule has 406 valence electrons. The van der Waals surface area contributed by atoms with Crippen molar-refractivity contribution in [2.24, 2.45) is 0 Å². The minimum Gasteiger partial charge on any atom is -0.756 e. The van der Waals surface area contributed by atoms with Crippen LogP contribution in [-0.4, -0.2) is 70.0 Å². The lowest BCUT2D eigenvalue weighted by atomic mass is 10.0. The Bertz CT molecular complexity index is 1720. The predicted molar refractivity (Wildman–Crippen MR) is 304 cm³/mol. The molecule has 2 atom stereocenters. The molecule has 72 heavy (non-hydrogen) atoms. The van der Waals surface area contributed by atoms with Gasteiger partial charge in [0.15, 0.2) is 6.10 Å². The van der Waals surface area contributed by atoms with Gasteiger partial charge in [-0.2, -0.15) is 0 Å². The topological polar surface area (TPSA) is 111 Å². The molecule has 0 aliphatic heterocycles. The van der Waals surface area contributed by atoms with Crippen molar-refractivity contribution in [3.8, 4) is 0 Å². The van der Waals surface area contributed by atoms with Crippen LogP contribution in [0.1, 0.15) is 181 Å². The van der Waals surface area contributed by atoms with Gasteiger partial charge < -0.3 is 27.9 Å². The molecule has 0 aliphatic carbocycles. The van der Waals surface area contributed by atoms with Crippen LogP contribution in [0.25, 0.3) is 0 Å². The second-order valence-corrected chi connectivity index (χ2v) is 20.3. The average molecular weight is 1020 g/mol. The minimum atomic E-state index is -4.66. The first-order valence-electron chi connectivity index (χ1n) is 27.5. The molecule has 0 fully saturated rings. The fourth-order valence-corrected chi connectivity index (χ4v) is 7.44. The number of unbranched alkanes of at least 4 members (excludes halogenated alkanes) is 11. The van der Waals surface area contributed by atoms with Gasteiger partial charge in [-0.05, 0) is 96.3 Å². The number of ether oxygens (including phenoxy) is 2. The Morgan fingerprint density at radius 3 is 1.18 bits per heavy atom. The molecule has 0 aromatic heterocycles. The second-order valence-electron chi connectivity index (χ2n) is 18.8. The third kappa shape index (κ3) is 55.2. The highest BCUT2D eigenvalue weighted by molar-refractivity contribution is 7.45. The van der Waals surface area contributed by atoms with Crippen LogP contribution in [0.5, 0.6) is 0 Å². The first kappa shape index (κ1) is 67.9. The van der Waals surface area contributed by atoms with Gasteiger partial charge in [0.2, 0.25) is 0 Å². The van der Waals surface area contributed by atoms with E-state index in [2.05, 4.69) is 141 Å². The molecule has 0 saturated carbocycles. The number of nitrogens with zero attached hydrogens (tertiary/aromatic N) is 1. The number of allylic oxidation sites excluding steroid dienone is 23. The lowest BCUT2D eigenvalue weighted by Crippen LogP contribution is -2.37. The van der Waals surface area contributed by atoms with Crippen LogP contribution in [0.15, 0.2) is 146 Å². The maximum atomic E-state index is 12.8. The largest absolute Gasteiger partial charge is 0.756 e. The van der Waals surface area contributed by atoms with Crippen molar-refractivity contribution >= 4 is 19.8 Å². The van der Waals surface area contributed by atoms with Crippen molar-refractivity contribution in [1.82, 2.24) is 0 Å². The summed E-state index contributed by atoms with van der Waals surface area (Å²) in [5.41, 5.74) is 0. The molecule has 0 heterocycles. The van der Waals surface area contributed by atoms with Gasteiger partial charge in [-0.1, -0.05) is 217 Å². The van der Waals surface area contributed by atoms with E-state index in [1.54, 1.807) is 6.08 Å². The maximum Gasteiger partial charge on any atom is 0.309 e. The van der Waals surface area contributed by atoms with Gasteiger partial charge in [0.25, 0.3) is 7.82 Å². The van der Waals surface area contributed by atoms with Gasteiger partial charge in [-0.15, -0.1) is 0 Å². The van der Waals surface area contributed by atoms with Crippen LogP contribution in [0, 0.1) is 0 Å². The molecule has 0 radical (unpaired) electrons. The molecule has 0 spiro atoms. The molecule has 0 amide bonds. The summed E-state index contributed by atoms with van der Waals surface area (Å²) in [5.74, 6) is -0.997. The Morgan fingerprint density at radius 2 is 0.792 bits per heavy atom. The predicted octanol–water partition coefficient (Wildman–Crippen LogP) is 16.5. The summed E-state index contributed by atoms with van der Waals surface area (Å²) in [5, 5.41) is 0. The van der Waals surface area contributed by atoms with Crippen molar-refractivity contribution in [3.63, 3.8) is 0 Å². The van der Waals surface area contributed by atoms with Gasteiger partial charge in [0.1, 0.15) is 19.8 Å². The maximum absolute atomic E-state index is 12.8. The van der Waals surface area contributed by atoms with Crippen LogP contribution in [0.3, 0.4) is 0 Å². The molecule has 0 saturated heterocycles. The molecule has 10 heteroatoms. The average Bonchev–Trinajstić information content (AvgIpc) is 3.34. The quantitative estimate of drug-likeness (QED) is 0.0195. The van der Waals surface area contributed by atoms with E-state index < -0.39 is 32.5 Å². The molecule has 9 nitrogen and oxygen atoms in total. The highest BCUT2D eigenvalue weighted by Crippen LogP contribution is 2.38.